The van der Waals surface area contributed by atoms with E-state index >= 15 is 0 Å². The fourth-order valence-electron chi connectivity index (χ4n) is 15.4. The second kappa shape index (κ2) is 13.6. The highest BCUT2D eigenvalue weighted by atomic mass is 16.3. The van der Waals surface area contributed by atoms with Crippen molar-refractivity contribution in [2.45, 2.75) is 148 Å². The predicted molar refractivity (Wildman–Crippen MR) is 216 cm³/mol. The van der Waals surface area contributed by atoms with Crippen molar-refractivity contribution in [3.05, 3.63) is 52.7 Å². The van der Waals surface area contributed by atoms with Crippen LogP contribution in [0.15, 0.2) is 57.7 Å². The SMILES string of the molecule is CC(C)(CCn1ccnc1)C1=C2CCCC[C@H]2C2=C3[C@H](CCC2)C[C@@H]([C@H]2CC[C@@]4(O)C5=CC(=O)[C@@H]6C[C@@H](O)[C@@H](O)C[C@]6(C)[C@H]5[C@H](CN=C(N)N)C[C@]24C)[C@H](O)[C@H]31. The first-order valence-electron chi connectivity index (χ1n) is 22.1. The third-order valence-corrected chi connectivity index (χ3v) is 17.7. The van der Waals surface area contributed by atoms with Gasteiger partial charge >= 0.3 is 0 Å². The van der Waals surface area contributed by atoms with Crippen LogP contribution in [-0.4, -0.2) is 72.2 Å². The molecule has 8 aliphatic rings. The molecule has 1 aromatic rings. The van der Waals surface area contributed by atoms with Crippen LogP contribution in [0.1, 0.15) is 118 Å². The summed E-state index contributed by atoms with van der Waals surface area (Å²) in [6.45, 7) is 10.4. The van der Waals surface area contributed by atoms with E-state index in [4.69, 9.17) is 11.5 Å². The van der Waals surface area contributed by atoms with E-state index in [-0.39, 0.29) is 59.6 Å². The van der Waals surface area contributed by atoms with Crippen molar-refractivity contribution >= 4 is 11.7 Å². The zero-order chi connectivity index (χ0) is 39.5. The highest BCUT2D eigenvalue weighted by Crippen LogP contribution is 2.71. The Hall–Kier alpha value is -2.79. The third kappa shape index (κ3) is 5.65. The molecule has 0 aliphatic heterocycles. The number of carbonyl (C=O) groups excluding carboxylic acids is 1. The monoisotopic (exact) mass is 770 g/mol. The summed E-state index contributed by atoms with van der Waals surface area (Å²) in [5, 5.41) is 48.4. The zero-order valence-electron chi connectivity index (χ0n) is 34.2. The fourth-order valence-corrected chi connectivity index (χ4v) is 15.4. The van der Waals surface area contributed by atoms with E-state index in [2.05, 4.69) is 42.2 Å². The van der Waals surface area contributed by atoms with Gasteiger partial charge in [0.2, 0.25) is 0 Å². The molecule has 5 saturated carbocycles. The smallest absolute Gasteiger partial charge is 0.185 e. The van der Waals surface area contributed by atoms with Crippen LogP contribution in [0.5, 0.6) is 0 Å². The summed E-state index contributed by atoms with van der Waals surface area (Å²) >= 11 is 0. The number of imidazole rings is 1. The Morgan fingerprint density at radius 1 is 1.02 bits per heavy atom. The molecule has 10 heteroatoms. The van der Waals surface area contributed by atoms with Crippen molar-refractivity contribution in [3.63, 3.8) is 0 Å². The first-order chi connectivity index (χ1) is 26.6. The van der Waals surface area contributed by atoms with Gasteiger partial charge in [0.25, 0.3) is 0 Å². The molecule has 0 radical (unpaired) electrons. The van der Waals surface area contributed by atoms with Crippen LogP contribution in [0.2, 0.25) is 0 Å². The molecule has 0 spiro atoms. The lowest BCUT2D eigenvalue weighted by molar-refractivity contribution is -0.166. The molecule has 5 fully saturated rings. The average Bonchev–Trinajstić information content (AvgIpc) is 3.78. The molecule has 0 aromatic carbocycles. The number of carbonyl (C=O) groups is 1. The molecule has 0 unspecified atom stereocenters. The lowest BCUT2D eigenvalue weighted by atomic mass is 9.42. The van der Waals surface area contributed by atoms with Crippen molar-refractivity contribution in [1.82, 2.24) is 9.55 Å². The Morgan fingerprint density at radius 2 is 1.80 bits per heavy atom. The summed E-state index contributed by atoms with van der Waals surface area (Å²) < 4.78 is 2.18. The second-order valence-corrected chi connectivity index (χ2v) is 20.9. The topological polar surface area (TPSA) is 180 Å². The lowest BCUT2D eigenvalue weighted by Gasteiger charge is -2.63. The number of aromatic nitrogens is 2. The summed E-state index contributed by atoms with van der Waals surface area (Å²) in [5.41, 5.74) is 16.4. The van der Waals surface area contributed by atoms with Gasteiger partial charge in [-0.25, -0.2) is 4.98 Å². The van der Waals surface area contributed by atoms with Gasteiger partial charge in [0.15, 0.2) is 11.7 Å². The fraction of sp³-hybridized carbons (Fsp3) is 0.761. The van der Waals surface area contributed by atoms with Gasteiger partial charge < -0.3 is 36.5 Å². The van der Waals surface area contributed by atoms with Gasteiger partial charge in [-0.15, -0.1) is 0 Å². The summed E-state index contributed by atoms with van der Waals surface area (Å²) in [6.07, 6.45) is 17.7. The highest BCUT2D eigenvalue weighted by Gasteiger charge is 2.70. The summed E-state index contributed by atoms with van der Waals surface area (Å²) in [4.78, 5) is 23.0. The number of guanidine groups is 1. The van der Waals surface area contributed by atoms with E-state index in [9.17, 15) is 25.2 Å². The normalized spacial score (nSPS) is 44.6. The molecule has 0 amide bonds. The Labute approximate surface area is 333 Å². The predicted octanol–water partition coefficient (Wildman–Crippen LogP) is 5.60. The molecule has 8 N–H and O–H groups in total. The van der Waals surface area contributed by atoms with Gasteiger partial charge in [0.1, 0.15) is 0 Å². The molecule has 9 rings (SSSR count). The van der Waals surface area contributed by atoms with Gasteiger partial charge in [-0.1, -0.05) is 56.4 Å². The van der Waals surface area contributed by atoms with E-state index in [1.807, 2.05) is 18.7 Å². The van der Waals surface area contributed by atoms with E-state index in [0.717, 1.165) is 50.6 Å². The summed E-state index contributed by atoms with van der Waals surface area (Å²) in [6, 6.07) is 0. The third-order valence-electron chi connectivity index (χ3n) is 17.7. The van der Waals surface area contributed by atoms with Crippen molar-refractivity contribution in [2.75, 3.05) is 6.54 Å². The Morgan fingerprint density at radius 3 is 2.55 bits per heavy atom. The Kier molecular flexibility index (Phi) is 9.43. The number of rotatable bonds is 7. The number of aryl methyl sites for hydroxylation is 1. The minimum absolute atomic E-state index is 0.00690. The molecule has 1 heterocycles. The molecule has 1 aromatic heterocycles. The maximum atomic E-state index is 14.1. The molecule has 0 saturated heterocycles. The molecule has 56 heavy (non-hydrogen) atoms. The average molecular weight is 770 g/mol. The Bertz CT molecular complexity index is 1860. The largest absolute Gasteiger partial charge is 0.392 e. The Balaban J connectivity index is 1.12. The number of aliphatic imine (C=N–C) groups is 1. The minimum Gasteiger partial charge on any atom is -0.392 e. The maximum Gasteiger partial charge on any atom is 0.185 e. The number of aliphatic hydroxyl groups excluding tert-OH is 3. The quantitative estimate of drug-likeness (QED) is 0.118. The highest BCUT2D eigenvalue weighted by molar-refractivity contribution is 5.95. The molecule has 8 aliphatic carbocycles. The van der Waals surface area contributed by atoms with E-state index in [1.165, 1.54) is 31.3 Å². The van der Waals surface area contributed by atoms with Crippen molar-refractivity contribution in [2.24, 2.45) is 80.0 Å². The van der Waals surface area contributed by atoms with Crippen molar-refractivity contribution in [1.29, 1.82) is 0 Å². The number of hydrogen-bond acceptors (Lipinski definition) is 7. The van der Waals surface area contributed by atoms with Crippen LogP contribution in [0.4, 0.5) is 0 Å². The number of nitrogens with zero attached hydrogens (tertiary/aromatic N) is 3. The zero-order valence-corrected chi connectivity index (χ0v) is 34.2. The summed E-state index contributed by atoms with van der Waals surface area (Å²) in [5.74, 6) is 0.138. The van der Waals surface area contributed by atoms with Crippen molar-refractivity contribution in [3.8, 4) is 0 Å². The summed E-state index contributed by atoms with van der Waals surface area (Å²) in [7, 11) is 0. The number of nitrogens with two attached hydrogens (primary N) is 2. The van der Waals surface area contributed by atoms with Gasteiger partial charge in [0, 0.05) is 48.7 Å². The first-order valence-corrected chi connectivity index (χ1v) is 22.1. The molecular formula is C46H67N5O5. The number of ketones is 1. The number of fused-ring (bicyclic) bond motifs is 7. The van der Waals surface area contributed by atoms with Crippen molar-refractivity contribution < 1.29 is 25.2 Å². The molecular weight excluding hydrogens is 703 g/mol. The molecule has 306 valence electrons. The molecule has 0 bridgehead atoms. The maximum absolute atomic E-state index is 14.1. The van der Waals surface area contributed by atoms with Gasteiger partial charge in [-0.2, -0.15) is 0 Å². The van der Waals surface area contributed by atoms with Crippen LogP contribution < -0.4 is 11.5 Å². The van der Waals surface area contributed by atoms with Gasteiger partial charge in [-0.05, 0) is 136 Å². The van der Waals surface area contributed by atoms with Crippen LogP contribution in [-0.2, 0) is 11.3 Å². The molecule has 10 nitrogen and oxygen atoms in total. The number of hydrogen-bond donors (Lipinski definition) is 6. The van der Waals surface area contributed by atoms with Gasteiger partial charge in [-0.3, -0.25) is 9.79 Å². The van der Waals surface area contributed by atoms with Crippen LogP contribution in [0.25, 0.3) is 0 Å². The van der Waals surface area contributed by atoms with Crippen LogP contribution in [0.3, 0.4) is 0 Å². The van der Waals surface area contributed by atoms with Crippen LogP contribution in [0, 0.1) is 63.6 Å². The first kappa shape index (κ1) is 38.7. The standard InChI is InChI=1S/C46H67N5O5/c1-43(2,14-16-51-17-15-49-24-51)40-29-10-6-5-9-27(29)28-11-7-8-25-18-30(41(55)38(40)37(25)28)31-12-13-46(56)33-20-34(52)32-19-35(53)36(54)22-44(32,3)39(33)26(21-45(31,46)4)23-50-42(47)48/h15,17,20,24-27,30-32,35-36,38-39,41,53-56H,5-14,16,18-19,21-23H2,1-4H3,(H4,47,48,50)/t25-,26+,27+,30+,31-,32+,35-,36+,38-,39+,41+,44+,45-,46-/m1/s1. The number of allylic oxidation sites excluding steroid dienone is 3. The van der Waals surface area contributed by atoms with E-state index in [0.29, 0.717) is 31.2 Å². The van der Waals surface area contributed by atoms with E-state index < -0.39 is 40.7 Å². The number of aliphatic hydroxyl groups is 4. The van der Waals surface area contributed by atoms with Gasteiger partial charge in [0.05, 0.1) is 30.2 Å². The molecule has 14 atom stereocenters. The second-order valence-electron chi connectivity index (χ2n) is 20.9. The minimum atomic E-state index is -1.25. The van der Waals surface area contributed by atoms with Crippen LogP contribution >= 0.6 is 0 Å². The lowest BCUT2D eigenvalue weighted by Crippen LogP contribution is -2.64. The van der Waals surface area contributed by atoms with E-state index in [1.54, 1.807) is 22.8 Å².